The third kappa shape index (κ3) is 1.23. The molecule has 1 heterocycles. The van der Waals surface area contributed by atoms with E-state index in [1.807, 2.05) is 6.26 Å². The number of rotatable bonds is 0. The Labute approximate surface area is 98.2 Å². The molecule has 0 spiro atoms. The van der Waals surface area contributed by atoms with Crippen molar-refractivity contribution < 1.29 is 4.42 Å². The molecule has 2 aliphatic carbocycles. The average Bonchev–Trinajstić information content (AvgIpc) is 2.65. The molecule has 1 fully saturated rings. The first kappa shape index (κ1) is 10.4. The molecule has 0 aliphatic heterocycles. The van der Waals surface area contributed by atoms with Gasteiger partial charge in [-0.15, -0.1) is 0 Å². The molecule has 88 valence electrons. The number of hydrogen-bond acceptors (Lipinski definition) is 1. The van der Waals surface area contributed by atoms with Crippen molar-refractivity contribution in [3.8, 4) is 0 Å². The van der Waals surface area contributed by atoms with E-state index in [0.717, 1.165) is 5.92 Å². The summed E-state index contributed by atoms with van der Waals surface area (Å²) in [5, 5.41) is 0. The molecule has 0 bridgehead atoms. The SMILES string of the molecule is CC1(C)CCC[C@@]2(C)c3occc3CC[C@@H]12. The monoisotopic (exact) mass is 218 g/mol. The summed E-state index contributed by atoms with van der Waals surface area (Å²) >= 11 is 0. The molecule has 0 radical (unpaired) electrons. The van der Waals surface area contributed by atoms with E-state index in [-0.39, 0.29) is 0 Å². The number of aryl methyl sites for hydroxylation is 1. The Bertz CT molecular complexity index is 401. The molecular weight excluding hydrogens is 196 g/mol. The van der Waals surface area contributed by atoms with Gasteiger partial charge in [0.15, 0.2) is 0 Å². The van der Waals surface area contributed by atoms with Gasteiger partial charge in [0.25, 0.3) is 0 Å². The summed E-state index contributed by atoms with van der Waals surface area (Å²) in [5.41, 5.74) is 2.26. The van der Waals surface area contributed by atoms with Gasteiger partial charge in [0.05, 0.1) is 6.26 Å². The summed E-state index contributed by atoms with van der Waals surface area (Å²) in [6, 6.07) is 2.18. The summed E-state index contributed by atoms with van der Waals surface area (Å²) in [7, 11) is 0. The first-order valence-electron chi connectivity index (χ1n) is 6.61. The summed E-state index contributed by atoms with van der Waals surface area (Å²) < 4.78 is 5.82. The minimum atomic E-state index is 0.304. The fraction of sp³-hybridized carbons (Fsp3) is 0.733. The van der Waals surface area contributed by atoms with Gasteiger partial charge in [-0.2, -0.15) is 0 Å². The zero-order valence-electron chi connectivity index (χ0n) is 10.7. The normalized spacial score (nSPS) is 36.6. The van der Waals surface area contributed by atoms with Gasteiger partial charge in [0, 0.05) is 5.41 Å². The first-order valence-corrected chi connectivity index (χ1v) is 6.61. The van der Waals surface area contributed by atoms with Gasteiger partial charge in [-0.05, 0) is 48.6 Å². The van der Waals surface area contributed by atoms with Crippen molar-refractivity contribution in [3.05, 3.63) is 23.7 Å². The maximum Gasteiger partial charge on any atom is 0.113 e. The van der Waals surface area contributed by atoms with Crippen LogP contribution in [0.1, 0.15) is 57.8 Å². The number of hydrogen-bond donors (Lipinski definition) is 0. The Morgan fingerprint density at radius 1 is 1.25 bits per heavy atom. The summed E-state index contributed by atoms with van der Waals surface area (Å²) in [5.74, 6) is 2.10. The lowest BCUT2D eigenvalue weighted by Crippen LogP contribution is -2.47. The molecule has 2 aliphatic rings. The zero-order valence-corrected chi connectivity index (χ0v) is 10.7. The molecule has 1 aromatic heterocycles. The van der Waals surface area contributed by atoms with Gasteiger partial charge < -0.3 is 4.42 Å². The second kappa shape index (κ2) is 3.15. The first-order chi connectivity index (χ1) is 7.54. The largest absolute Gasteiger partial charge is 0.468 e. The number of furan rings is 1. The predicted molar refractivity (Wildman–Crippen MR) is 65.5 cm³/mol. The van der Waals surface area contributed by atoms with Crippen LogP contribution in [0.3, 0.4) is 0 Å². The standard InChI is InChI=1S/C15H22O/c1-14(2)8-4-9-15(3)12(14)6-5-11-7-10-16-13(11)15/h7,10,12H,4-6,8-9H2,1-3H3/t12-,15+/m0/s1. The minimum Gasteiger partial charge on any atom is -0.468 e. The molecule has 0 aromatic carbocycles. The van der Waals surface area contributed by atoms with E-state index >= 15 is 0 Å². The molecule has 1 heteroatoms. The third-order valence-electron chi connectivity index (χ3n) is 5.20. The molecule has 1 nitrogen and oxygen atoms in total. The highest BCUT2D eigenvalue weighted by Crippen LogP contribution is 2.57. The molecule has 1 aromatic rings. The second-order valence-corrected chi connectivity index (χ2v) is 6.63. The lowest BCUT2D eigenvalue weighted by molar-refractivity contribution is 0.0271. The van der Waals surface area contributed by atoms with Crippen molar-refractivity contribution in [2.24, 2.45) is 11.3 Å². The predicted octanol–water partition coefficient (Wildman–Crippen LogP) is 4.31. The molecule has 2 atom stereocenters. The van der Waals surface area contributed by atoms with Gasteiger partial charge >= 0.3 is 0 Å². The van der Waals surface area contributed by atoms with E-state index in [2.05, 4.69) is 26.8 Å². The van der Waals surface area contributed by atoms with Crippen LogP contribution in [0.15, 0.2) is 16.7 Å². The molecular formula is C15H22O. The third-order valence-corrected chi connectivity index (χ3v) is 5.20. The Morgan fingerprint density at radius 2 is 2.06 bits per heavy atom. The summed E-state index contributed by atoms with van der Waals surface area (Å²) in [6.45, 7) is 7.33. The quantitative estimate of drug-likeness (QED) is 0.632. The van der Waals surface area contributed by atoms with Crippen molar-refractivity contribution in [2.45, 2.75) is 58.3 Å². The zero-order chi connectivity index (χ0) is 11.4. The molecule has 1 saturated carbocycles. The van der Waals surface area contributed by atoms with E-state index in [1.165, 1.54) is 43.4 Å². The summed E-state index contributed by atoms with van der Waals surface area (Å²) in [6.07, 6.45) is 8.48. The van der Waals surface area contributed by atoms with Crippen molar-refractivity contribution >= 4 is 0 Å². The van der Waals surface area contributed by atoms with Crippen LogP contribution in [0.4, 0.5) is 0 Å². The molecule has 16 heavy (non-hydrogen) atoms. The van der Waals surface area contributed by atoms with Gasteiger partial charge in [-0.1, -0.05) is 27.2 Å². The van der Waals surface area contributed by atoms with Crippen molar-refractivity contribution in [1.82, 2.24) is 0 Å². The van der Waals surface area contributed by atoms with Gasteiger partial charge in [-0.3, -0.25) is 0 Å². The molecule has 3 rings (SSSR count). The average molecular weight is 218 g/mol. The van der Waals surface area contributed by atoms with Crippen LogP contribution in [-0.2, 0) is 11.8 Å². The van der Waals surface area contributed by atoms with Crippen LogP contribution >= 0.6 is 0 Å². The Kier molecular flexibility index (Phi) is 2.05. The second-order valence-electron chi connectivity index (χ2n) is 6.63. The lowest BCUT2D eigenvalue weighted by Gasteiger charge is -2.52. The van der Waals surface area contributed by atoms with Crippen molar-refractivity contribution in [1.29, 1.82) is 0 Å². The highest BCUT2D eigenvalue weighted by molar-refractivity contribution is 5.31. The smallest absolute Gasteiger partial charge is 0.113 e. The number of fused-ring (bicyclic) bond motifs is 3. The Hall–Kier alpha value is -0.720. The summed E-state index contributed by atoms with van der Waals surface area (Å²) in [4.78, 5) is 0. The fourth-order valence-corrected chi connectivity index (χ4v) is 4.44. The molecule has 0 unspecified atom stereocenters. The van der Waals surface area contributed by atoms with Crippen molar-refractivity contribution in [2.75, 3.05) is 0 Å². The van der Waals surface area contributed by atoms with E-state index in [0.29, 0.717) is 10.8 Å². The highest BCUT2D eigenvalue weighted by atomic mass is 16.3. The van der Waals surface area contributed by atoms with E-state index in [9.17, 15) is 0 Å². The van der Waals surface area contributed by atoms with Crippen LogP contribution in [0.25, 0.3) is 0 Å². The molecule has 0 amide bonds. The lowest BCUT2D eigenvalue weighted by atomic mass is 9.52. The Morgan fingerprint density at radius 3 is 2.88 bits per heavy atom. The molecule has 0 N–H and O–H groups in total. The van der Waals surface area contributed by atoms with Gasteiger partial charge in [0.2, 0.25) is 0 Å². The van der Waals surface area contributed by atoms with Crippen LogP contribution in [0.5, 0.6) is 0 Å². The van der Waals surface area contributed by atoms with E-state index < -0.39 is 0 Å². The maximum atomic E-state index is 5.82. The fourth-order valence-electron chi connectivity index (χ4n) is 4.44. The van der Waals surface area contributed by atoms with Crippen LogP contribution in [-0.4, -0.2) is 0 Å². The Balaban J connectivity index is 2.09. The van der Waals surface area contributed by atoms with Gasteiger partial charge in [0.1, 0.15) is 5.76 Å². The van der Waals surface area contributed by atoms with E-state index in [4.69, 9.17) is 4.42 Å². The van der Waals surface area contributed by atoms with Crippen LogP contribution < -0.4 is 0 Å². The maximum absolute atomic E-state index is 5.82. The molecule has 0 saturated heterocycles. The van der Waals surface area contributed by atoms with Crippen molar-refractivity contribution in [3.63, 3.8) is 0 Å². The van der Waals surface area contributed by atoms with Crippen LogP contribution in [0.2, 0.25) is 0 Å². The minimum absolute atomic E-state index is 0.304. The highest BCUT2D eigenvalue weighted by Gasteiger charge is 2.51. The van der Waals surface area contributed by atoms with E-state index in [1.54, 1.807) is 0 Å². The topological polar surface area (TPSA) is 13.1 Å². The van der Waals surface area contributed by atoms with Crippen LogP contribution in [0, 0.1) is 11.3 Å². The van der Waals surface area contributed by atoms with Gasteiger partial charge in [-0.25, -0.2) is 0 Å².